The standard InChI is InChI=1S/C27H43N7O4/c1-4-38-26(37)31-25(33-12-9-20(17-33)16-29-19(2)35)30-22-15-21-7-5-6-8-23(21)34(24(22)36)27(18-28)10-13-32(3)14-11-27/h20-23H,4-17H2,1-3H3,(H,29,35)(H,30,31,37)/t20-,21?,22-,23?/m0/s1. The molecule has 3 amide bonds. The topological polar surface area (TPSA) is 130 Å². The number of nitrogens with one attached hydrogen (secondary N) is 2. The Kier molecular flexibility index (Phi) is 9.13. The molecule has 3 saturated heterocycles. The average Bonchev–Trinajstić information content (AvgIpc) is 3.38. The van der Waals surface area contributed by atoms with E-state index in [4.69, 9.17) is 9.73 Å². The molecule has 38 heavy (non-hydrogen) atoms. The van der Waals surface area contributed by atoms with E-state index in [9.17, 15) is 19.6 Å². The van der Waals surface area contributed by atoms with Crippen LogP contribution in [0.15, 0.2) is 4.99 Å². The predicted octanol–water partition coefficient (Wildman–Crippen LogP) is 1.69. The van der Waals surface area contributed by atoms with Crippen LogP contribution in [0.3, 0.4) is 0 Å². The molecular weight excluding hydrogens is 486 g/mol. The van der Waals surface area contributed by atoms with E-state index >= 15 is 0 Å². The van der Waals surface area contributed by atoms with Crippen LogP contribution in [-0.4, -0.2) is 103 Å². The molecule has 0 bridgehead atoms. The Labute approximate surface area is 225 Å². The molecule has 0 aromatic rings. The number of hydrogen-bond donors (Lipinski definition) is 2. The van der Waals surface area contributed by atoms with Crippen LogP contribution in [0.4, 0.5) is 4.79 Å². The lowest BCUT2D eigenvalue weighted by atomic mass is 9.73. The molecule has 0 aromatic carbocycles. The van der Waals surface area contributed by atoms with Crippen LogP contribution >= 0.6 is 0 Å². The average molecular weight is 530 g/mol. The highest BCUT2D eigenvalue weighted by atomic mass is 16.5. The van der Waals surface area contributed by atoms with Crippen LogP contribution in [0.25, 0.3) is 0 Å². The highest BCUT2D eigenvalue weighted by molar-refractivity contribution is 5.96. The van der Waals surface area contributed by atoms with Crippen LogP contribution < -0.4 is 10.6 Å². The molecule has 3 heterocycles. The number of alkyl carbamates (subject to hydrolysis) is 1. The predicted molar refractivity (Wildman–Crippen MR) is 142 cm³/mol. The van der Waals surface area contributed by atoms with Crippen LogP contribution in [0.2, 0.25) is 0 Å². The molecule has 0 spiro atoms. The molecule has 11 heteroatoms. The van der Waals surface area contributed by atoms with Gasteiger partial charge in [-0.15, -0.1) is 0 Å². The summed E-state index contributed by atoms with van der Waals surface area (Å²) in [5.74, 6) is 0.676. The smallest absolute Gasteiger partial charge is 0.413 e. The van der Waals surface area contributed by atoms with Gasteiger partial charge in [-0.25, -0.2) is 9.79 Å². The Bertz CT molecular complexity index is 956. The van der Waals surface area contributed by atoms with Crippen molar-refractivity contribution < 1.29 is 19.1 Å². The molecule has 2 N–H and O–H groups in total. The number of hydrogen-bond acceptors (Lipinski definition) is 7. The maximum Gasteiger partial charge on any atom is 0.413 e. The molecule has 1 saturated carbocycles. The van der Waals surface area contributed by atoms with Gasteiger partial charge in [-0.2, -0.15) is 5.26 Å². The van der Waals surface area contributed by atoms with Gasteiger partial charge in [0.15, 0.2) is 0 Å². The number of nitriles is 1. The zero-order chi connectivity index (χ0) is 27.3. The number of piperidine rings is 2. The maximum atomic E-state index is 14.2. The summed E-state index contributed by atoms with van der Waals surface area (Å²) in [6, 6.07) is 1.98. The minimum absolute atomic E-state index is 0.0704. The van der Waals surface area contributed by atoms with Crippen molar-refractivity contribution in [3.8, 4) is 6.07 Å². The van der Waals surface area contributed by atoms with Crippen molar-refractivity contribution in [2.45, 2.75) is 82.8 Å². The molecule has 3 aliphatic heterocycles. The first kappa shape index (κ1) is 28.1. The van der Waals surface area contributed by atoms with Crippen molar-refractivity contribution >= 4 is 23.9 Å². The molecule has 4 aliphatic rings. The van der Waals surface area contributed by atoms with Crippen molar-refractivity contribution in [3.63, 3.8) is 0 Å². The zero-order valence-corrected chi connectivity index (χ0v) is 23.1. The fraction of sp³-hybridized carbons (Fsp3) is 0.815. The van der Waals surface area contributed by atoms with Gasteiger partial charge < -0.3 is 24.8 Å². The summed E-state index contributed by atoms with van der Waals surface area (Å²) in [6.07, 6.45) is 6.26. The van der Waals surface area contributed by atoms with Gasteiger partial charge in [-0.3, -0.25) is 14.9 Å². The van der Waals surface area contributed by atoms with Gasteiger partial charge in [0.1, 0.15) is 11.6 Å². The molecule has 11 nitrogen and oxygen atoms in total. The van der Waals surface area contributed by atoms with E-state index in [1.54, 1.807) is 6.92 Å². The quantitative estimate of drug-likeness (QED) is 0.409. The molecule has 0 aromatic heterocycles. The number of ether oxygens (including phenoxy) is 1. The van der Waals surface area contributed by atoms with Gasteiger partial charge >= 0.3 is 6.09 Å². The SMILES string of the molecule is CCOC(=O)NC(=N[C@H]1CC2CCCCC2N(C2(C#N)CCN(C)CC2)C1=O)N1CC[C@@H](CNC(C)=O)C1. The third-order valence-corrected chi connectivity index (χ3v) is 8.73. The third-order valence-electron chi connectivity index (χ3n) is 8.73. The minimum Gasteiger partial charge on any atom is -0.450 e. The monoisotopic (exact) mass is 529 g/mol. The second kappa shape index (κ2) is 12.3. The number of fused-ring (bicyclic) bond motifs is 1. The molecule has 4 fully saturated rings. The summed E-state index contributed by atoms with van der Waals surface area (Å²) in [5, 5.41) is 16.1. The molecule has 2 unspecified atom stereocenters. The number of carbonyl (C=O) groups is 3. The lowest BCUT2D eigenvalue weighted by Crippen LogP contribution is -2.66. The molecular formula is C27H43N7O4. The number of aliphatic imine (C=N–C) groups is 1. The van der Waals surface area contributed by atoms with Gasteiger partial charge in [0.05, 0.1) is 12.7 Å². The highest BCUT2D eigenvalue weighted by Gasteiger charge is 2.52. The van der Waals surface area contributed by atoms with E-state index in [1.165, 1.54) is 6.92 Å². The zero-order valence-electron chi connectivity index (χ0n) is 23.1. The summed E-state index contributed by atoms with van der Waals surface area (Å²) in [6.45, 7) is 6.84. The largest absolute Gasteiger partial charge is 0.450 e. The Morgan fingerprint density at radius 3 is 2.61 bits per heavy atom. The van der Waals surface area contributed by atoms with Crippen LogP contribution in [0.1, 0.15) is 65.2 Å². The van der Waals surface area contributed by atoms with Gasteiger partial charge in [0, 0.05) is 45.7 Å². The van der Waals surface area contributed by atoms with Crippen LogP contribution in [0, 0.1) is 23.2 Å². The summed E-state index contributed by atoms with van der Waals surface area (Å²) < 4.78 is 5.14. The number of likely N-dealkylation sites (tertiary alicyclic amines) is 3. The molecule has 4 rings (SSSR count). The molecule has 4 atom stereocenters. The lowest BCUT2D eigenvalue weighted by Gasteiger charge is -2.54. The normalized spacial score (nSPS) is 29.8. The van der Waals surface area contributed by atoms with E-state index in [2.05, 4.69) is 28.7 Å². The first-order valence-electron chi connectivity index (χ1n) is 14.2. The van der Waals surface area contributed by atoms with E-state index in [0.29, 0.717) is 44.9 Å². The van der Waals surface area contributed by atoms with Gasteiger partial charge in [-0.05, 0) is 64.3 Å². The first-order chi connectivity index (χ1) is 18.3. The minimum atomic E-state index is -0.816. The molecule has 1 aliphatic carbocycles. The summed E-state index contributed by atoms with van der Waals surface area (Å²) >= 11 is 0. The van der Waals surface area contributed by atoms with Crippen LogP contribution in [-0.2, 0) is 14.3 Å². The van der Waals surface area contributed by atoms with E-state index < -0.39 is 17.7 Å². The Morgan fingerprint density at radius 2 is 1.92 bits per heavy atom. The Balaban J connectivity index is 1.62. The summed E-state index contributed by atoms with van der Waals surface area (Å²) in [7, 11) is 2.05. The van der Waals surface area contributed by atoms with Crippen molar-refractivity contribution in [2.24, 2.45) is 16.8 Å². The Morgan fingerprint density at radius 1 is 1.18 bits per heavy atom. The molecule has 210 valence electrons. The number of carbonyl (C=O) groups excluding carboxylic acids is 3. The van der Waals surface area contributed by atoms with Crippen molar-refractivity contribution in [2.75, 3.05) is 46.4 Å². The first-order valence-corrected chi connectivity index (χ1v) is 14.2. The van der Waals surface area contributed by atoms with Crippen molar-refractivity contribution in [1.29, 1.82) is 5.26 Å². The second-order valence-corrected chi connectivity index (χ2v) is 11.4. The number of amides is 3. The number of guanidine groups is 1. The second-order valence-electron chi connectivity index (χ2n) is 11.4. The summed E-state index contributed by atoms with van der Waals surface area (Å²) in [5.41, 5.74) is -0.816. The number of nitrogens with zero attached hydrogens (tertiary/aromatic N) is 5. The van der Waals surface area contributed by atoms with E-state index in [-0.39, 0.29) is 36.3 Å². The van der Waals surface area contributed by atoms with Gasteiger partial charge in [0.2, 0.25) is 17.8 Å². The van der Waals surface area contributed by atoms with Gasteiger partial charge in [0.25, 0.3) is 0 Å². The fourth-order valence-electron chi connectivity index (χ4n) is 6.62. The van der Waals surface area contributed by atoms with E-state index in [1.807, 2.05) is 9.80 Å². The molecule has 0 radical (unpaired) electrons. The Hall–Kier alpha value is -2.87. The lowest BCUT2D eigenvalue weighted by molar-refractivity contribution is -0.151. The fourth-order valence-corrected chi connectivity index (χ4v) is 6.62. The van der Waals surface area contributed by atoms with E-state index in [0.717, 1.165) is 45.2 Å². The van der Waals surface area contributed by atoms with Crippen molar-refractivity contribution in [3.05, 3.63) is 0 Å². The third kappa shape index (κ3) is 6.22. The van der Waals surface area contributed by atoms with Crippen molar-refractivity contribution in [1.82, 2.24) is 25.3 Å². The maximum absolute atomic E-state index is 14.2. The van der Waals surface area contributed by atoms with Crippen LogP contribution in [0.5, 0.6) is 0 Å². The highest BCUT2D eigenvalue weighted by Crippen LogP contribution is 2.43. The number of rotatable bonds is 5. The summed E-state index contributed by atoms with van der Waals surface area (Å²) in [4.78, 5) is 49.0. The van der Waals surface area contributed by atoms with Gasteiger partial charge in [-0.1, -0.05) is 12.8 Å².